The fourth-order valence-electron chi connectivity index (χ4n) is 19.2. The number of nitrogens with zero attached hydrogens (tertiary/aromatic N) is 16. The molecule has 6 saturated heterocycles. The number of nitrogens with two attached hydrogens (primary N) is 7. The molecule has 34 N–H and O–H groups in total. The summed E-state index contributed by atoms with van der Waals surface area (Å²) in [6.45, 7) is 1.62. The number of H-pyrrole nitrogens is 4. The monoisotopic (exact) mass is 1980 g/mol. The summed E-state index contributed by atoms with van der Waals surface area (Å²) in [6.07, 6.45) is 8.18. The standard InChI is InChI=1S/C17H24BN5O6.C16H23BN6O6.C16H25BN4O6.C15H21BN6O6.C14H20BN7O6/c1-22(15-10(19)4-6-21-15)11-12(14(25)13(11)24)23-7-9(3-2-5-18(28)29)17(20,8-23)16(26)27;1-22(14-13(18)20-7-21-14)9-10(12(25)11(9)24)23-5-8(3-2-4-17(28)29)16(19,6-23)15(26)27;1-20(10-5-19-6-10)11-12(14(23)13(11)22)21-7-9(3-2-4-17(26)27)16(18,8-21)15(24)25;1-21(14-18-7-19-20-14)9-10(12(24)11(9)23)22-5-8(3-2-4-16(27)28)15(17,6-22)13(25)26;1-21(13-17-19-20-18-13)8-9(11(24)10(8)23)22-5-7(3-2-4-15(27)28)14(16,6-22)12(25)26/h4,6,9,21,28-29H,2-3,5,7-8,19-20H2,1H3,(H,26,27);7-8,28-29H,2-6,18-19H2,1H3,(H,20,21)(H,26,27);9-10,19,26-27H,2-8,18H2,1H3,(H,24,25);7-8,27-28H,2-6,17H2,1H3,(H,25,26)(H,18,19,20);7,27-28H,2-6,16H2,1H3,(H,25,26)(H,17,18,19,20)/t9-,17-;8-,16-;9-,16-;8-,15-;7-,14-/m00000/s1. The van der Waals surface area contributed by atoms with Gasteiger partial charge in [0.2, 0.25) is 5.95 Å². The van der Waals surface area contributed by atoms with Crippen LogP contribution in [0.3, 0.4) is 0 Å². The minimum Gasteiger partial charge on any atom is -0.480 e. The van der Waals surface area contributed by atoms with Crippen LogP contribution in [0.4, 0.5) is 91.9 Å². The molecule has 6 fully saturated rings. The van der Waals surface area contributed by atoms with E-state index in [1.54, 1.807) is 43.2 Å². The van der Waals surface area contributed by atoms with Gasteiger partial charge in [-0.25, -0.2) is 10.1 Å². The van der Waals surface area contributed by atoms with Crippen LogP contribution >= 0.6 is 0 Å². The molecule has 63 heteroatoms. The second-order valence-electron chi connectivity index (χ2n) is 36.6. The number of tetrazole rings is 1. The van der Waals surface area contributed by atoms with Crippen molar-refractivity contribution in [3.8, 4) is 0 Å². The van der Waals surface area contributed by atoms with Crippen molar-refractivity contribution in [1.82, 2.24) is 56.1 Å². The number of carboxylic acids is 5. The van der Waals surface area contributed by atoms with Gasteiger partial charge in [-0.3, -0.25) is 71.9 Å². The summed E-state index contributed by atoms with van der Waals surface area (Å²) in [5, 5.41) is 161. The molecule has 0 spiro atoms. The van der Waals surface area contributed by atoms with Crippen molar-refractivity contribution in [1.29, 1.82) is 0 Å². The van der Waals surface area contributed by atoms with E-state index in [4.69, 9.17) is 90.4 Å². The molecule has 0 aliphatic carbocycles. The minimum atomic E-state index is -1.64. The van der Waals surface area contributed by atoms with Gasteiger partial charge in [-0.2, -0.15) is 15.3 Å². The van der Waals surface area contributed by atoms with Crippen molar-refractivity contribution in [2.45, 2.75) is 130 Å². The van der Waals surface area contributed by atoms with Crippen molar-refractivity contribution in [2.24, 2.45) is 58.3 Å². The van der Waals surface area contributed by atoms with E-state index in [1.807, 2.05) is 0 Å². The second-order valence-corrected chi connectivity index (χ2v) is 36.6. The first-order valence-corrected chi connectivity index (χ1v) is 44.7. The van der Waals surface area contributed by atoms with Crippen LogP contribution in [0.25, 0.3) is 0 Å². The highest BCUT2D eigenvalue weighted by Crippen LogP contribution is 2.44. The van der Waals surface area contributed by atoms with E-state index in [1.165, 1.54) is 65.9 Å². The van der Waals surface area contributed by atoms with E-state index in [0.29, 0.717) is 81.4 Å². The Morgan fingerprint density at radius 3 is 0.979 bits per heavy atom. The van der Waals surface area contributed by atoms with Gasteiger partial charge in [0.15, 0.2) is 5.82 Å². The van der Waals surface area contributed by atoms with Crippen LogP contribution in [-0.4, -0.2) is 339 Å². The lowest BCUT2D eigenvalue weighted by atomic mass is 9.78. The van der Waals surface area contributed by atoms with Crippen LogP contribution in [0.15, 0.2) is 72.9 Å². The Hall–Kier alpha value is -13.3. The average Bonchev–Trinajstić information content (AvgIpc) is 1.64. The molecule has 9 aromatic rings. The first kappa shape index (κ1) is 108. The number of carbonyl (C=O) groups is 5. The molecular weight excluding hydrogens is 1860 g/mol. The highest BCUT2D eigenvalue weighted by Gasteiger charge is 2.57. The number of anilines is 16. The number of carboxylic acid groups (broad SMARTS) is 5. The number of hydrogen-bond donors (Lipinski definition) is 27. The van der Waals surface area contributed by atoms with E-state index in [2.05, 4.69) is 56.1 Å². The lowest BCUT2D eigenvalue weighted by Crippen LogP contribution is -2.59. The summed E-state index contributed by atoms with van der Waals surface area (Å²) < 4.78 is 0. The maximum Gasteiger partial charge on any atom is 0.451 e. The van der Waals surface area contributed by atoms with Crippen molar-refractivity contribution in [3.63, 3.8) is 0 Å². The minimum absolute atomic E-state index is 0.0468. The quantitative estimate of drug-likeness (QED) is 0.0125. The molecular formula is C78H113B5N28O30. The van der Waals surface area contributed by atoms with Crippen LogP contribution in [0, 0.1) is 29.6 Å². The summed E-state index contributed by atoms with van der Waals surface area (Å²) in [4.78, 5) is 210. The zero-order chi connectivity index (χ0) is 104. The molecule has 0 amide bonds. The molecule has 0 bridgehead atoms. The topological polar surface area (TPSA) is 927 Å². The molecule has 6 aliphatic rings. The third kappa shape index (κ3) is 21.7. The van der Waals surface area contributed by atoms with Crippen LogP contribution in [0.1, 0.15) is 64.2 Å². The molecule has 58 nitrogen and oxygen atoms in total. The SMILES string of the molecule is CN(c1[nH]ccc1N)c1c(N2C[C@H](CCCB(O)O)[C@](N)(C(=O)O)C2)c(=O)c1=O.CN(c1c(N2C[C@H](CCCB(O)O)[C@](N)(C(=O)O)C2)c(=O)c1=O)C1CNC1.CN(c1nc[nH]c1N)c1c(N2C[C@H](CCCB(O)O)[C@](N)(C(=O)O)C2)c(=O)c1=O.CN(c1ncn[nH]1)c1c(N2C[C@H](CCCB(O)O)[C@](N)(C(=O)O)C2)c(=O)c1=O.CN(c1nn[nH]n1)c1c(N2C[C@H](CCCB(O)O)[C@](N)(C(=O)O)C2)c(=O)c1=O. The molecule has 760 valence electrons. The van der Waals surface area contributed by atoms with Crippen molar-refractivity contribution < 1.29 is 99.7 Å². The Bertz CT molecular complexity index is 6040. The summed E-state index contributed by atoms with van der Waals surface area (Å²) in [5.41, 5.74) is 29.2. The van der Waals surface area contributed by atoms with Crippen LogP contribution in [0.5, 0.6) is 0 Å². The van der Waals surface area contributed by atoms with Gasteiger partial charge in [0.05, 0.1) is 18.1 Å². The van der Waals surface area contributed by atoms with Crippen LogP contribution in [0.2, 0.25) is 31.6 Å². The normalized spacial score (nSPS) is 22.6. The smallest absolute Gasteiger partial charge is 0.451 e. The van der Waals surface area contributed by atoms with Gasteiger partial charge < -0.3 is 180 Å². The molecule has 0 radical (unpaired) electrons. The Labute approximate surface area is 799 Å². The zero-order valence-corrected chi connectivity index (χ0v) is 77.3. The van der Waals surface area contributed by atoms with Gasteiger partial charge in [0.1, 0.15) is 103 Å². The van der Waals surface area contributed by atoms with Gasteiger partial charge in [-0.05, 0) is 75.0 Å². The molecule has 15 rings (SSSR count). The number of aliphatic carboxylic acids is 5. The molecule has 10 heterocycles. The van der Waals surface area contributed by atoms with Crippen molar-refractivity contribution >= 4 is 157 Å². The Morgan fingerprint density at radius 1 is 0.418 bits per heavy atom. The molecule has 10 atom stereocenters. The average molecular weight is 1980 g/mol. The van der Waals surface area contributed by atoms with E-state index >= 15 is 0 Å². The number of aromatic amines is 4. The highest BCUT2D eigenvalue weighted by molar-refractivity contribution is 6.42. The third-order valence-electron chi connectivity index (χ3n) is 27.5. The largest absolute Gasteiger partial charge is 0.480 e. The lowest BCUT2D eigenvalue weighted by molar-refractivity contribution is -0.145. The maximum absolute atomic E-state index is 12.3. The van der Waals surface area contributed by atoms with Gasteiger partial charge in [0, 0.05) is 150 Å². The van der Waals surface area contributed by atoms with Crippen molar-refractivity contribution in [3.05, 3.63) is 127 Å². The number of rotatable bonds is 40. The molecule has 6 aliphatic heterocycles. The summed E-state index contributed by atoms with van der Waals surface area (Å²) in [5.74, 6) is -7.39. The predicted molar refractivity (Wildman–Crippen MR) is 515 cm³/mol. The summed E-state index contributed by atoms with van der Waals surface area (Å²) in [6, 6.07) is 1.74. The molecule has 4 aromatic heterocycles. The first-order chi connectivity index (χ1) is 66.1. The maximum atomic E-state index is 12.3. The number of nitrogen functional groups attached to an aromatic ring is 2. The van der Waals surface area contributed by atoms with E-state index in [-0.39, 0.29) is 178 Å². The fourth-order valence-corrected chi connectivity index (χ4v) is 19.2. The number of likely N-dealkylation sites (N-methyl/N-ethyl adjacent to an activating group) is 1. The van der Waals surface area contributed by atoms with Crippen LogP contribution in [-0.2, 0) is 24.0 Å². The lowest BCUT2D eigenvalue weighted by Gasteiger charge is -2.39. The van der Waals surface area contributed by atoms with E-state index in [9.17, 15) is 97.5 Å². The number of hydrogen-bond acceptors (Lipinski definition) is 49. The number of nitrogens with one attached hydrogen (secondary N) is 5. The van der Waals surface area contributed by atoms with Gasteiger partial charge >= 0.3 is 65.4 Å². The highest BCUT2D eigenvalue weighted by atomic mass is 16.4. The molecule has 5 aromatic carbocycles. The van der Waals surface area contributed by atoms with Crippen LogP contribution < -0.4 is 149 Å². The van der Waals surface area contributed by atoms with Crippen molar-refractivity contribution in [2.75, 3.05) is 174 Å². The van der Waals surface area contributed by atoms with Gasteiger partial charge in [-0.15, -0.1) is 5.10 Å². The first-order valence-electron chi connectivity index (χ1n) is 44.7. The molecule has 0 unspecified atom stereocenters. The Kier molecular flexibility index (Phi) is 33.3. The molecule has 141 heavy (non-hydrogen) atoms. The summed E-state index contributed by atoms with van der Waals surface area (Å²) >= 11 is 0. The predicted octanol–water partition coefficient (Wildman–Crippen LogP) is -11.9. The number of aromatic nitrogens is 10. The third-order valence-corrected chi connectivity index (χ3v) is 27.5. The Morgan fingerprint density at radius 2 is 0.723 bits per heavy atom. The fraction of sp³-hybridized carbons (Fsp3) is 0.551. The van der Waals surface area contributed by atoms with E-state index in [0.717, 1.165) is 13.1 Å². The van der Waals surface area contributed by atoms with Gasteiger partial charge in [0.25, 0.3) is 60.2 Å². The molecule has 0 saturated carbocycles. The number of imidazole rings is 1. The second kappa shape index (κ2) is 43.5. The Balaban J connectivity index is 0.000000168. The van der Waals surface area contributed by atoms with Gasteiger partial charge in [-0.1, -0.05) is 37.2 Å². The summed E-state index contributed by atoms with van der Waals surface area (Å²) in [7, 11) is 0.529. The van der Waals surface area contributed by atoms with E-state index < -0.39 is 177 Å². The zero-order valence-electron chi connectivity index (χ0n) is 77.3.